The molecule has 0 radical (unpaired) electrons. The van der Waals surface area contributed by atoms with Crippen LogP contribution in [0.3, 0.4) is 0 Å². The molecule has 2 aliphatic carbocycles. The van der Waals surface area contributed by atoms with Crippen molar-refractivity contribution in [2.75, 3.05) is 0 Å². The predicted octanol–water partition coefficient (Wildman–Crippen LogP) is 3.18. The fourth-order valence-electron chi connectivity index (χ4n) is 4.86. The van der Waals surface area contributed by atoms with E-state index in [4.69, 9.17) is 0 Å². The second-order valence-corrected chi connectivity index (χ2v) is 7.41. The third-order valence-corrected chi connectivity index (χ3v) is 5.73. The molecule has 17 heavy (non-hydrogen) atoms. The molecule has 0 aliphatic heterocycles. The first kappa shape index (κ1) is 13.1. The Morgan fingerprint density at radius 1 is 1.12 bits per heavy atom. The first-order chi connectivity index (χ1) is 7.74. The summed E-state index contributed by atoms with van der Waals surface area (Å²) in [4.78, 5) is 11.5. The van der Waals surface area contributed by atoms with Crippen LogP contribution in [0.5, 0.6) is 0 Å². The highest BCUT2D eigenvalue weighted by Gasteiger charge is 2.57. The Balaban J connectivity index is 2.40. The smallest absolute Gasteiger partial charge is 0.126 e. The topological polar surface area (TPSA) is 37.3 Å². The Morgan fingerprint density at radius 2 is 1.76 bits per heavy atom. The summed E-state index contributed by atoms with van der Waals surface area (Å²) in [5, 5.41) is 10.5. The zero-order chi connectivity index (χ0) is 12.9. The number of carbonyl (C=O) groups excluding carboxylic acids is 1. The summed E-state index contributed by atoms with van der Waals surface area (Å²) in [6.07, 6.45) is 6.36. The number of aldehydes is 1. The number of carbonyl (C=O) groups is 1. The van der Waals surface area contributed by atoms with Gasteiger partial charge in [0, 0.05) is 5.92 Å². The van der Waals surface area contributed by atoms with Crippen LogP contribution in [0.25, 0.3) is 0 Å². The Bertz CT molecular complexity index is 319. The van der Waals surface area contributed by atoms with Crippen LogP contribution in [0.1, 0.15) is 59.8 Å². The third kappa shape index (κ3) is 1.85. The van der Waals surface area contributed by atoms with Crippen molar-refractivity contribution in [2.24, 2.45) is 22.7 Å². The molecule has 2 aliphatic rings. The van der Waals surface area contributed by atoms with Crippen LogP contribution in [0, 0.1) is 22.7 Å². The molecule has 2 saturated carbocycles. The van der Waals surface area contributed by atoms with Gasteiger partial charge in [0.25, 0.3) is 0 Å². The lowest BCUT2D eigenvalue weighted by Gasteiger charge is -2.59. The Labute approximate surface area is 105 Å². The largest absolute Gasteiger partial charge is 0.389 e. The van der Waals surface area contributed by atoms with E-state index >= 15 is 0 Å². The first-order valence-corrected chi connectivity index (χ1v) is 6.92. The van der Waals surface area contributed by atoms with E-state index < -0.39 is 5.60 Å². The maximum atomic E-state index is 11.5. The van der Waals surface area contributed by atoms with Crippen LogP contribution >= 0.6 is 0 Å². The number of hydrogen-bond acceptors (Lipinski definition) is 2. The van der Waals surface area contributed by atoms with Gasteiger partial charge in [-0.15, -0.1) is 0 Å². The predicted molar refractivity (Wildman–Crippen MR) is 68.6 cm³/mol. The summed E-state index contributed by atoms with van der Waals surface area (Å²) in [6.45, 7) is 8.73. The van der Waals surface area contributed by atoms with Gasteiger partial charge in [0.1, 0.15) is 6.29 Å². The summed E-state index contributed by atoms with van der Waals surface area (Å²) in [5.74, 6) is 0.368. The highest BCUT2D eigenvalue weighted by atomic mass is 16.3. The van der Waals surface area contributed by atoms with Gasteiger partial charge in [0.15, 0.2) is 0 Å². The molecule has 2 rings (SSSR count). The first-order valence-electron chi connectivity index (χ1n) is 6.92. The maximum absolute atomic E-state index is 11.5. The molecule has 2 fully saturated rings. The number of aliphatic hydroxyl groups is 1. The zero-order valence-corrected chi connectivity index (χ0v) is 11.6. The van der Waals surface area contributed by atoms with Crippen molar-refractivity contribution in [2.45, 2.75) is 65.4 Å². The zero-order valence-electron chi connectivity index (χ0n) is 11.6. The van der Waals surface area contributed by atoms with Gasteiger partial charge in [-0.3, -0.25) is 0 Å². The van der Waals surface area contributed by atoms with Crippen LogP contribution in [0.2, 0.25) is 0 Å². The average molecular weight is 238 g/mol. The van der Waals surface area contributed by atoms with Gasteiger partial charge in [-0.2, -0.15) is 0 Å². The summed E-state index contributed by atoms with van der Waals surface area (Å²) >= 11 is 0. The van der Waals surface area contributed by atoms with Gasteiger partial charge in [0.2, 0.25) is 0 Å². The molecule has 98 valence electrons. The molecule has 0 aromatic heterocycles. The van der Waals surface area contributed by atoms with Crippen molar-refractivity contribution in [1.82, 2.24) is 0 Å². The fourth-order valence-corrected chi connectivity index (χ4v) is 4.86. The molecule has 0 bridgehead atoms. The van der Waals surface area contributed by atoms with Crippen molar-refractivity contribution in [3.63, 3.8) is 0 Å². The van der Waals surface area contributed by atoms with Crippen molar-refractivity contribution >= 4 is 6.29 Å². The van der Waals surface area contributed by atoms with Crippen LogP contribution < -0.4 is 0 Å². The lowest BCUT2D eigenvalue weighted by atomic mass is 9.46. The van der Waals surface area contributed by atoms with Crippen LogP contribution in [-0.4, -0.2) is 17.0 Å². The fraction of sp³-hybridized carbons (Fsp3) is 0.933. The average Bonchev–Trinajstić information content (AvgIpc) is 2.14. The summed E-state index contributed by atoms with van der Waals surface area (Å²) in [7, 11) is 0. The maximum Gasteiger partial charge on any atom is 0.126 e. The van der Waals surface area contributed by atoms with Crippen molar-refractivity contribution in [1.29, 1.82) is 0 Å². The van der Waals surface area contributed by atoms with Crippen molar-refractivity contribution in [3.05, 3.63) is 0 Å². The molecule has 0 aromatic rings. The van der Waals surface area contributed by atoms with Crippen LogP contribution in [0.15, 0.2) is 0 Å². The normalized spacial score (nSPS) is 49.5. The number of hydrogen-bond donors (Lipinski definition) is 1. The molecular formula is C15H26O2. The van der Waals surface area contributed by atoms with Gasteiger partial charge >= 0.3 is 0 Å². The molecule has 0 saturated heterocycles. The van der Waals surface area contributed by atoms with E-state index in [0.29, 0.717) is 11.3 Å². The van der Waals surface area contributed by atoms with Gasteiger partial charge in [0.05, 0.1) is 5.60 Å². The standard InChI is InChI=1S/C15H26O2/c1-13(2)7-5-8-14(3)11(13)6-9-15(4,17)12(14)10-16/h10-12,17H,5-9H2,1-4H3/t11?,12?,14-,15+/m0/s1. The highest BCUT2D eigenvalue weighted by Crippen LogP contribution is 2.61. The number of fused-ring (bicyclic) bond motifs is 1. The SMILES string of the molecule is CC1(C)CCC[C@@]2(C)C1CC[C@@](C)(O)C2C=O. The quantitative estimate of drug-likeness (QED) is 0.712. The summed E-state index contributed by atoms with van der Waals surface area (Å²) in [6, 6.07) is 0. The monoisotopic (exact) mass is 238 g/mol. The van der Waals surface area contributed by atoms with E-state index in [1.165, 1.54) is 12.8 Å². The minimum Gasteiger partial charge on any atom is -0.389 e. The summed E-state index contributed by atoms with van der Waals surface area (Å²) in [5.41, 5.74) is -0.504. The molecule has 2 nitrogen and oxygen atoms in total. The third-order valence-electron chi connectivity index (χ3n) is 5.73. The van der Waals surface area contributed by atoms with Crippen molar-refractivity contribution < 1.29 is 9.90 Å². The molecule has 2 heteroatoms. The van der Waals surface area contributed by atoms with E-state index in [2.05, 4.69) is 20.8 Å². The molecule has 0 heterocycles. The Hall–Kier alpha value is -0.370. The molecular weight excluding hydrogens is 212 g/mol. The van der Waals surface area contributed by atoms with Crippen molar-refractivity contribution in [3.8, 4) is 0 Å². The summed E-state index contributed by atoms with van der Waals surface area (Å²) < 4.78 is 0. The van der Waals surface area contributed by atoms with E-state index in [1.54, 1.807) is 0 Å². The Kier molecular flexibility index (Phi) is 2.93. The second-order valence-electron chi connectivity index (χ2n) is 7.41. The minimum absolute atomic E-state index is 0.00868. The van der Waals surface area contributed by atoms with E-state index in [0.717, 1.165) is 25.5 Å². The minimum atomic E-state index is -0.805. The molecule has 0 aromatic carbocycles. The Morgan fingerprint density at radius 3 is 2.35 bits per heavy atom. The molecule has 1 N–H and O–H groups in total. The lowest BCUT2D eigenvalue weighted by molar-refractivity contribution is -0.169. The van der Waals surface area contributed by atoms with Gasteiger partial charge in [-0.25, -0.2) is 0 Å². The van der Waals surface area contributed by atoms with Gasteiger partial charge in [-0.05, 0) is 49.4 Å². The molecule has 0 amide bonds. The molecule has 4 atom stereocenters. The van der Waals surface area contributed by atoms with Gasteiger partial charge < -0.3 is 9.90 Å². The van der Waals surface area contributed by atoms with E-state index in [9.17, 15) is 9.90 Å². The van der Waals surface area contributed by atoms with E-state index in [1.807, 2.05) is 6.92 Å². The van der Waals surface area contributed by atoms with Gasteiger partial charge in [-0.1, -0.05) is 27.2 Å². The van der Waals surface area contributed by atoms with E-state index in [-0.39, 0.29) is 11.3 Å². The van der Waals surface area contributed by atoms with Crippen LogP contribution in [0.4, 0.5) is 0 Å². The number of rotatable bonds is 1. The molecule has 2 unspecified atom stereocenters. The second kappa shape index (κ2) is 3.81. The molecule has 0 spiro atoms. The van der Waals surface area contributed by atoms with Crippen LogP contribution in [-0.2, 0) is 4.79 Å². The highest BCUT2D eigenvalue weighted by molar-refractivity contribution is 5.58. The lowest BCUT2D eigenvalue weighted by Crippen LogP contribution is -2.58.